The number of carbonyl (C=O) groups is 1. The smallest absolute Gasteiger partial charge is 0.315 e. The van der Waals surface area contributed by atoms with E-state index in [1.165, 1.54) is 12.8 Å². The molecule has 0 aromatic heterocycles. The molecule has 1 aromatic carbocycles. The van der Waals surface area contributed by atoms with Gasteiger partial charge in [0, 0.05) is 19.6 Å². The van der Waals surface area contributed by atoms with E-state index in [1.54, 1.807) is 0 Å². The maximum atomic E-state index is 11.9. The van der Waals surface area contributed by atoms with Crippen molar-refractivity contribution in [1.29, 1.82) is 0 Å². The first kappa shape index (κ1) is 15.8. The zero-order valence-electron chi connectivity index (χ0n) is 13.1. The molecule has 2 rings (SSSR count). The summed E-state index contributed by atoms with van der Waals surface area (Å²) < 4.78 is 0. The molecule has 2 amide bonds. The molecule has 1 saturated heterocycles. The number of likely N-dealkylation sites (tertiary alicyclic amines) is 1. The number of rotatable bonds is 5. The zero-order chi connectivity index (χ0) is 15.1. The van der Waals surface area contributed by atoms with Gasteiger partial charge in [-0.2, -0.15) is 0 Å². The van der Waals surface area contributed by atoms with Crippen molar-refractivity contribution in [1.82, 2.24) is 15.5 Å². The number of amides is 2. The Labute approximate surface area is 127 Å². The van der Waals surface area contributed by atoms with Gasteiger partial charge in [-0.1, -0.05) is 37.3 Å². The van der Waals surface area contributed by atoms with Crippen LogP contribution in [0.1, 0.15) is 38.3 Å². The van der Waals surface area contributed by atoms with E-state index in [0.29, 0.717) is 6.54 Å². The lowest BCUT2D eigenvalue weighted by atomic mass is 10.0. The van der Waals surface area contributed by atoms with E-state index in [4.69, 9.17) is 0 Å². The second-order valence-electron chi connectivity index (χ2n) is 6.08. The van der Waals surface area contributed by atoms with Crippen molar-refractivity contribution in [2.45, 2.75) is 32.7 Å². The number of piperidine rings is 1. The monoisotopic (exact) mass is 289 g/mol. The quantitative estimate of drug-likeness (QED) is 0.875. The highest BCUT2D eigenvalue weighted by atomic mass is 16.2. The molecule has 1 fully saturated rings. The van der Waals surface area contributed by atoms with Crippen molar-refractivity contribution in [3.8, 4) is 0 Å². The molecular weight excluding hydrogens is 262 g/mol. The Morgan fingerprint density at radius 3 is 2.86 bits per heavy atom. The molecule has 1 aliphatic rings. The van der Waals surface area contributed by atoms with Gasteiger partial charge in [0.2, 0.25) is 0 Å². The molecule has 2 atom stereocenters. The third kappa shape index (κ3) is 5.38. The first-order valence-corrected chi connectivity index (χ1v) is 7.97. The lowest BCUT2D eigenvalue weighted by molar-refractivity contribution is 0.183. The van der Waals surface area contributed by atoms with Gasteiger partial charge in [-0.25, -0.2) is 4.79 Å². The Hall–Kier alpha value is -1.55. The van der Waals surface area contributed by atoms with Crippen LogP contribution >= 0.6 is 0 Å². The summed E-state index contributed by atoms with van der Waals surface area (Å²) in [5, 5.41) is 5.93. The lowest BCUT2D eigenvalue weighted by Crippen LogP contribution is -2.43. The number of nitrogens with one attached hydrogen (secondary N) is 2. The Morgan fingerprint density at radius 1 is 1.38 bits per heavy atom. The molecule has 0 aliphatic carbocycles. The fourth-order valence-electron chi connectivity index (χ4n) is 2.89. The van der Waals surface area contributed by atoms with Crippen LogP contribution in [-0.2, 0) is 0 Å². The van der Waals surface area contributed by atoms with Crippen LogP contribution in [0.3, 0.4) is 0 Å². The van der Waals surface area contributed by atoms with Gasteiger partial charge in [-0.05, 0) is 37.8 Å². The van der Waals surface area contributed by atoms with E-state index in [2.05, 4.69) is 22.5 Å². The van der Waals surface area contributed by atoms with Gasteiger partial charge >= 0.3 is 6.03 Å². The van der Waals surface area contributed by atoms with Crippen molar-refractivity contribution < 1.29 is 4.79 Å². The largest absolute Gasteiger partial charge is 0.337 e. The van der Waals surface area contributed by atoms with Crippen LogP contribution in [0, 0.1) is 5.92 Å². The Morgan fingerprint density at radius 2 is 2.14 bits per heavy atom. The highest BCUT2D eigenvalue weighted by Gasteiger charge is 2.16. The average molecular weight is 289 g/mol. The summed E-state index contributed by atoms with van der Waals surface area (Å²) in [6, 6.07) is 9.96. The third-order valence-electron chi connectivity index (χ3n) is 4.10. The maximum absolute atomic E-state index is 11.9. The number of urea groups is 1. The Balaban J connectivity index is 1.65. The molecule has 116 valence electrons. The predicted octanol–water partition coefficient (Wildman–Crippen LogP) is 2.78. The standard InChI is InChI=1S/C17H27N3O/c1-14-7-6-11-20(13-14)12-10-18-17(21)19-15(2)16-8-4-3-5-9-16/h3-5,8-9,14-15H,6-7,10-13H2,1-2H3,(H2,18,19,21). The van der Waals surface area contributed by atoms with E-state index in [1.807, 2.05) is 37.3 Å². The van der Waals surface area contributed by atoms with E-state index < -0.39 is 0 Å². The van der Waals surface area contributed by atoms with Crippen LogP contribution < -0.4 is 10.6 Å². The maximum Gasteiger partial charge on any atom is 0.315 e. The van der Waals surface area contributed by atoms with E-state index in [9.17, 15) is 4.79 Å². The van der Waals surface area contributed by atoms with Crippen LogP contribution in [0.15, 0.2) is 30.3 Å². The summed E-state index contributed by atoms with van der Waals surface area (Å²) in [5.74, 6) is 0.783. The molecule has 0 spiro atoms. The topological polar surface area (TPSA) is 44.4 Å². The van der Waals surface area contributed by atoms with Crippen LogP contribution in [0.25, 0.3) is 0 Å². The van der Waals surface area contributed by atoms with E-state index >= 15 is 0 Å². The number of benzene rings is 1. The second kappa shape index (κ2) is 8.03. The Kier molecular flexibility index (Phi) is 6.05. The van der Waals surface area contributed by atoms with Crippen molar-refractivity contribution in [2.24, 2.45) is 5.92 Å². The molecule has 0 saturated carbocycles. The normalized spacial score (nSPS) is 20.8. The fourth-order valence-corrected chi connectivity index (χ4v) is 2.89. The molecule has 0 bridgehead atoms. The number of hydrogen-bond donors (Lipinski definition) is 2. The number of nitrogens with zero attached hydrogens (tertiary/aromatic N) is 1. The summed E-state index contributed by atoms with van der Waals surface area (Å²) in [5.41, 5.74) is 1.12. The third-order valence-corrected chi connectivity index (χ3v) is 4.10. The van der Waals surface area contributed by atoms with Gasteiger partial charge in [0.25, 0.3) is 0 Å². The minimum atomic E-state index is -0.0867. The van der Waals surface area contributed by atoms with Crippen LogP contribution in [0.2, 0.25) is 0 Å². The number of carbonyl (C=O) groups excluding carboxylic acids is 1. The summed E-state index contributed by atoms with van der Waals surface area (Å²) in [6.07, 6.45) is 2.61. The highest BCUT2D eigenvalue weighted by molar-refractivity contribution is 5.74. The lowest BCUT2D eigenvalue weighted by Gasteiger charge is -2.30. The highest BCUT2D eigenvalue weighted by Crippen LogP contribution is 2.14. The Bertz CT molecular complexity index is 435. The first-order valence-electron chi connectivity index (χ1n) is 7.97. The van der Waals surface area contributed by atoms with Crippen LogP contribution in [0.4, 0.5) is 4.79 Å². The molecule has 1 aliphatic heterocycles. The average Bonchev–Trinajstić information content (AvgIpc) is 2.48. The van der Waals surface area contributed by atoms with Gasteiger partial charge < -0.3 is 15.5 Å². The minimum Gasteiger partial charge on any atom is -0.337 e. The van der Waals surface area contributed by atoms with Gasteiger partial charge in [0.05, 0.1) is 6.04 Å². The molecule has 2 N–H and O–H groups in total. The van der Waals surface area contributed by atoms with Crippen LogP contribution in [-0.4, -0.2) is 37.1 Å². The molecule has 4 nitrogen and oxygen atoms in total. The van der Waals surface area contributed by atoms with Gasteiger partial charge in [0.15, 0.2) is 0 Å². The summed E-state index contributed by atoms with van der Waals surface area (Å²) in [4.78, 5) is 14.3. The molecule has 4 heteroatoms. The van der Waals surface area contributed by atoms with Gasteiger partial charge in [-0.3, -0.25) is 0 Å². The van der Waals surface area contributed by atoms with Crippen LogP contribution in [0.5, 0.6) is 0 Å². The van der Waals surface area contributed by atoms with Crippen molar-refractivity contribution in [3.63, 3.8) is 0 Å². The summed E-state index contributed by atoms with van der Waals surface area (Å²) in [7, 11) is 0. The fraction of sp³-hybridized carbons (Fsp3) is 0.588. The zero-order valence-corrected chi connectivity index (χ0v) is 13.1. The van der Waals surface area contributed by atoms with E-state index in [-0.39, 0.29) is 12.1 Å². The molecular formula is C17H27N3O. The second-order valence-corrected chi connectivity index (χ2v) is 6.08. The van der Waals surface area contributed by atoms with Crippen molar-refractivity contribution in [3.05, 3.63) is 35.9 Å². The molecule has 1 heterocycles. The van der Waals surface area contributed by atoms with Gasteiger partial charge in [0.1, 0.15) is 0 Å². The van der Waals surface area contributed by atoms with E-state index in [0.717, 1.165) is 31.1 Å². The summed E-state index contributed by atoms with van der Waals surface area (Å²) in [6.45, 7) is 8.27. The minimum absolute atomic E-state index is 0.0289. The number of hydrogen-bond acceptors (Lipinski definition) is 2. The van der Waals surface area contributed by atoms with Crippen molar-refractivity contribution >= 4 is 6.03 Å². The summed E-state index contributed by atoms with van der Waals surface area (Å²) >= 11 is 0. The van der Waals surface area contributed by atoms with Crippen molar-refractivity contribution in [2.75, 3.05) is 26.2 Å². The molecule has 1 aromatic rings. The molecule has 0 radical (unpaired) electrons. The SMILES string of the molecule is CC1CCCN(CCNC(=O)NC(C)c2ccccc2)C1. The molecule has 21 heavy (non-hydrogen) atoms. The predicted molar refractivity (Wildman–Crippen MR) is 86.2 cm³/mol. The first-order chi connectivity index (χ1) is 10.1. The van der Waals surface area contributed by atoms with Gasteiger partial charge in [-0.15, -0.1) is 0 Å². The molecule has 2 unspecified atom stereocenters.